The number of methoxy groups -OCH3 is 1. The minimum absolute atomic E-state index is 0.0602. The molecule has 2 atom stereocenters. The van der Waals surface area contributed by atoms with Gasteiger partial charge in [-0.05, 0) is 89.0 Å². The Labute approximate surface area is 235 Å². The lowest BCUT2D eigenvalue weighted by Gasteiger charge is -2.30. The number of hydrogen-bond donors (Lipinski definition) is 1. The van der Waals surface area contributed by atoms with Crippen LogP contribution in [0, 0.1) is 23.0 Å². The number of halogens is 2. The average Bonchev–Trinajstić information content (AvgIpc) is 3.67. The van der Waals surface area contributed by atoms with Gasteiger partial charge in [0.05, 0.1) is 13.5 Å². The molecule has 212 valence electrons. The maximum Gasteiger partial charge on any atom is 0.303 e. The van der Waals surface area contributed by atoms with Crippen LogP contribution in [0.3, 0.4) is 0 Å². The molecule has 0 unspecified atom stereocenters. The molecule has 0 heterocycles. The number of ether oxygens (including phenoxy) is 2. The minimum Gasteiger partial charge on any atom is -0.497 e. The van der Waals surface area contributed by atoms with Crippen LogP contribution in [0.4, 0.5) is 8.78 Å². The van der Waals surface area contributed by atoms with Gasteiger partial charge in [0.2, 0.25) is 0 Å². The van der Waals surface area contributed by atoms with Crippen LogP contribution >= 0.6 is 0 Å². The van der Waals surface area contributed by atoms with E-state index in [1.54, 1.807) is 37.4 Å². The van der Waals surface area contributed by atoms with Crippen LogP contribution in [0.1, 0.15) is 87.3 Å². The SMILES string of the molecule is COc1ccc(F)c(-c2ccc(COc3cccc([C@H](CC(=O)O)CC4CC4)c3F)cc2[C@@H]2CCCC2(C)C)c1. The molecule has 4 nitrogen and oxygen atoms in total. The molecule has 6 heteroatoms. The van der Waals surface area contributed by atoms with Gasteiger partial charge in [-0.2, -0.15) is 0 Å². The van der Waals surface area contributed by atoms with E-state index in [2.05, 4.69) is 19.9 Å². The molecule has 1 N–H and O–H groups in total. The van der Waals surface area contributed by atoms with E-state index >= 15 is 8.78 Å². The van der Waals surface area contributed by atoms with Gasteiger partial charge in [0.15, 0.2) is 11.6 Å². The lowest BCUT2D eigenvalue weighted by Crippen LogP contribution is -2.17. The molecule has 5 rings (SSSR count). The molecule has 2 saturated carbocycles. The standard InChI is InChI=1S/C34H38F2O4/c1-34(2)15-5-7-29(34)27-17-22(11-13-26(27)28-19-24(39-3)12-14-30(28)35)20-40-31-8-4-6-25(33(31)36)23(18-32(37)38)16-21-9-10-21/h4,6,8,11-14,17,19,21,23,29H,5,7,9-10,15-16,18,20H2,1-3H3,(H,37,38)/t23-,29-/m0/s1. The smallest absolute Gasteiger partial charge is 0.303 e. The fraction of sp³-hybridized carbons (Fsp3) is 0.441. The molecule has 0 saturated heterocycles. The largest absolute Gasteiger partial charge is 0.497 e. The van der Waals surface area contributed by atoms with Gasteiger partial charge in [0.25, 0.3) is 0 Å². The second-order valence-electron chi connectivity index (χ2n) is 12.1. The summed E-state index contributed by atoms with van der Waals surface area (Å²) >= 11 is 0. The summed E-state index contributed by atoms with van der Waals surface area (Å²) in [5.41, 5.74) is 3.74. The van der Waals surface area contributed by atoms with Crippen molar-refractivity contribution in [1.82, 2.24) is 0 Å². The topological polar surface area (TPSA) is 55.8 Å². The maximum atomic E-state index is 15.6. The number of carbonyl (C=O) groups is 1. The van der Waals surface area contributed by atoms with Crippen molar-refractivity contribution in [3.8, 4) is 22.6 Å². The van der Waals surface area contributed by atoms with Crippen molar-refractivity contribution in [3.05, 3.63) is 82.9 Å². The Balaban J connectivity index is 1.44. The first kappa shape index (κ1) is 28.1. The van der Waals surface area contributed by atoms with E-state index < -0.39 is 11.8 Å². The highest BCUT2D eigenvalue weighted by atomic mass is 19.1. The number of rotatable bonds is 11. The second-order valence-corrected chi connectivity index (χ2v) is 12.1. The zero-order chi connectivity index (χ0) is 28.4. The molecular formula is C34H38F2O4. The predicted molar refractivity (Wildman–Crippen MR) is 152 cm³/mol. The molecule has 0 amide bonds. The van der Waals surface area contributed by atoms with Crippen LogP contribution in [0.15, 0.2) is 54.6 Å². The lowest BCUT2D eigenvalue weighted by molar-refractivity contribution is -0.137. The quantitative estimate of drug-likeness (QED) is 0.260. The summed E-state index contributed by atoms with van der Waals surface area (Å²) in [7, 11) is 1.57. The molecule has 0 bridgehead atoms. The van der Waals surface area contributed by atoms with Gasteiger partial charge in [-0.15, -0.1) is 0 Å². The van der Waals surface area contributed by atoms with Crippen molar-refractivity contribution in [2.75, 3.05) is 7.11 Å². The third kappa shape index (κ3) is 6.16. The lowest BCUT2D eigenvalue weighted by atomic mass is 9.75. The monoisotopic (exact) mass is 548 g/mol. The Kier molecular flexibility index (Phi) is 8.16. The number of carboxylic acid groups (broad SMARTS) is 1. The van der Waals surface area contributed by atoms with Crippen LogP contribution in [-0.2, 0) is 11.4 Å². The summed E-state index contributed by atoms with van der Waals surface area (Å²) in [6, 6.07) is 15.7. The molecular weight excluding hydrogens is 510 g/mol. The highest BCUT2D eigenvalue weighted by Gasteiger charge is 2.37. The van der Waals surface area contributed by atoms with Crippen LogP contribution in [0.2, 0.25) is 0 Å². The van der Waals surface area contributed by atoms with Gasteiger partial charge in [0, 0.05) is 5.56 Å². The summed E-state index contributed by atoms with van der Waals surface area (Å²) < 4.78 is 42.1. The number of hydrogen-bond acceptors (Lipinski definition) is 3. The van der Waals surface area contributed by atoms with Crippen LogP contribution < -0.4 is 9.47 Å². The molecule has 2 aliphatic rings. The second kappa shape index (κ2) is 11.6. The molecule has 3 aromatic rings. The molecule has 40 heavy (non-hydrogen) atoms. The molecule has 0 aliphatic heterocycles. The summed E-state index contributed by atoms with van der Waals surface area (Å²) in [5.74, 6) is -0.655. The van der Waals surface area contributed by atoms with Crippen molar-refractivity contribution in [1.29, 1.82) is 0 Å². The van der Waals surface area contributed by atoms with E-state index in [4.69, 9.17) is 9.47 Å². The van der Waals surface area contributed by atoms with Gasteiger partial charge < -0.3 is 14.6 Å². The minimum atomic E-state index is -0.925. The number of aliphatic carboxylic acids is 1. The van der Waals surface area contributed by atoms with Gasteiger partial charge in [-0.3, -0.25) is 4.79 Å². The Bertz CT molecular complexity index is 1380. The Hall–Kier alpha value is -3.41. The van der Waals surface area contributed by atoms with E-state index in [0.717, 1.165) is 48.8 Å². The van der Waals surface area contributed by atoms with Gasteiger partial charge >= 0.3 is 5.97 Å². The van der Waals surface area contributed by atoms with Crippen LogP contribution in [0.5, 0.6) is 11.5 Å². The number of benzene rings is 3. The van der Waals surface area contributed by atoms with Crippen molar-refractivity contribution in [2.24, 2.45) is 11.3 Å². The van der Waals surface area contributed by atoms with E-state index in [9.17, 15) is 9.90 Å². The van der Waals surface area contributed by atoms with Crippen LogP contribution in [0.25, 0.3) is 11.1 Å². The zero-order valence-corrected chi connectivity index (χ0v) is 23.5. The summed E-state index contributed by atoms with van der Waals surface area (Å²) in [6.45, 7) is 4.67. The van der Waals surface area contributed by atoms with E-state index in [1.807, 2.05) is 12.1 Å². The number of carboxylic acids is 1. The molecule has 0 radical (unpaired) electrons. The fourth-order valence-corrected chi connectivity index (χ4v) is 6.38. The molecule has 3 aromatic carbocycles. The first-order valence-corrected chi connectivity index (χ1v) is 14.3. The maximum absolute atomic E-state index is 15.6. The summed E-state index contributed by atoms with van der Waals surface area (Å²) in [5, 5.41) is 9.41. The fourth-order valence-electron chi connectivity index (χ4n) is 6.38. The predicted octanol–water partition coefficient (Wildman–Crippen LogP) is 8.87. The van der Waals surface area contributed by atoms with E-state index in [-0.39, 0.29) is 41.8 Å². The summed E-state index contributed by atoms with van der Waals surface area (Å²) in [4.78, 5) is 11.5. The first-order valence-electron chi connectivity index (χ1n) is 14.3. The third-order valence-electron chi connectivity index (χ3n) is 8.78. The van der Waals surface area contributed by atoms with E-state index in [0.29, 0.717) is 29.2 Å². The van der Waals surface area contributed by atoms with Crippen molar-refractivity contribution in [2.45, 2.75) is 77.2 Å². The summed E-state index contributed by atoms with van der Waals surface area (Å²) in [6.07, 6.45) is 5.94. The molecule has 0 spiro atoms. The van der Waals surface area contributed by atoms with Gasteiger partial charge in [0.1, 0.15) is 18.2 Å². The third-order valence-corrected chi connectivity index (χ3v) is 8.78. The molecule has 0 aromatic heterocycles. The first-order chi connectivity index (χ1) is 19.2. The zero-order valence-electron chi connectivity index (χ0n) is 23.5. The normalized spacial score (nSPS) is 18.9. The highest BCUT2D eigenvalue weighted by molar-refractivity contribution is 5.71. The van der Waals surface area contributed by atoms with Crippen molar-refractivity contribution >= 4 is 5.97 Å². The Morgan fingerprint density at radius 2 is 1.85 bits per heavy atom. The Morgan fingerprint density at radius 1 is 1.05 bits per heavy atom. The average molecular weight is 549 g/mol. The van der Waals surface area contributed by atoms with Crippen molar-refractivity contribution in [3.63, 3.8) is 0 Å². The van der Waals surface area contributed by atoms with Gasteiger partial charge in [-0.25, -0.2) is 8.78 Å². The van der Waals surface area contributed by atoms with Crippen molar-refractivity contribution < 1.29 is 28.2 Å². The Morgan fingerprint density at radius 3 is 2.52 bits per heavy atom. The van der Waals surface area contributed by atoms with Gasteiger partial charge in [-0.1, -0.05) is 63.4 Å². The van der Waals surface area contributed by atoms with E-state index in [1.165, 1.54) is 6.07 Å². The molecule has 2 aliphatic carbocycles. The highest BCUT2D eigenvalue weighted by Crippen LogP contribution is 2.51. The van der Waals surface area contributed by atoms with Crippen LogP contribution in [-0.4, -0.2) is 18.2 Å². The molecule has 2 fully saturated rings.